The largest absolute Gasteiger partial charge is 0.301 e. The maximum absolute atomic E-state index is 5.89. The van der Waals surface area contributed by atoms with E-state index in [4.69, 9.17) is 11.6 Å². The normalized spacial score (nSPS) is 23.5. The van der Waals surface area contributed by atoms with Gasteiger partial charge in [-0.25, -0.2) is 0 Å². The van der Waals surface area contributed by atoms with Gasteiger partial charge in [0.25, 0.3) is 0 Å². The van der Waals surface area contributed by atoms with Gasteiger partial charge < -0.3 is 4.57 Å². The smallest absolute Gasteiger partial charge is 0.191 e. The lowest BCUT2D eigenvalue weighted by Gasteiger charge is -2.57. The Hall–Kier alpha value is -1.04. The highest BCUT2D eigenvalue weighted by atomic mass is 35.5. The van der Waals surface area contributed by atoms with E-state index in [0.29, 0.717) is 22.7 Å². The summed E-state index contributed by atoms with van der Waals surface area (Å²) in [5.74, 6) is 3.23. The van der Waals surface area contributed by atoms with Crippen molar-refractivity contribution in [3.05, 3.63) is 41.7 Å². The zero-order valence-electron chi connectivity index (χ0n) is 16.0. The minimum absolute atomic E-state index is 0.474. The van der Waals surface area contributed by atoms with Gasteiger partial charge >= 0.3 is 0 Å². The fourth-order valence-electron chi connectivity index (χ4n) is 4.26. The van der Waals surface area contributed by atoms with Crippen molar-refractivity contribution < 1.29 is 0 Å². The average molecular weight is 393 g/mol. The molecule has 0 N–H and O–H groups in total. The first kappa shape index (κ1) is 19.7. The molecule has 0 unspecified atom stereocenters. The van der Waals surface area contributed by atoms with E-state index in [1.165, 1.54) is 12.8 Å². The molecule has 1 heterocycles. The van der Waals surface area contributed by atoms with Crippen LogP contribution < -0.4 is 0 Å². The first-order valence-corrected chi connectivity index (χ1v) is 10.6. The molecule has 0 amide bonds. The van der Waals surface area contributed by atoms with E-state index < -0.39 is 0 Å². The molecule has 4 rings (SSSR count). The van der Waals surface area contributed by atoms with E-state index in [1.807, 2.05) is 6.08 Å². The Morgan fingerprint density at radius 3 is 2.85 bits per heavy atom. The molecule has 1 fully saturated rings. The molecule has 2 atom stereocenters. The maximum atomic E-state index is 5.89. The third-order valence-electron chi connectivity index (χ3n) is 5.91. The van der Waals surface area contributed by atoms with E-state index in [-0.39, 0.29) is 0 Å². The molecule has 1 aromatic heterocycles. The molecule has 0 aromatic carbocycles. The minimum atomic E-state index is 0.474. The molecule has 2 bridgehead atoms. The Morgan fingerprint density at radius 1 is 1.46 bits per heavy atom. The topological polar surface area (TPSA) is 34.0 Å². The monoisotopic (exact) mass is 392 g/mol. The highest BCUT2D eigenvalue weighted by Gasteiger charge is 2.50. The molecule has 1 saturated carbocycles. The molecule has 0 spiro atoms. The lowest BCUT2D eigenvalue weighted by Crippen LogP contribution is -2.49. The molecule has 3 aliphatic carbocycles. The second-order valence-corrected chi connectivity index (χ2v) is 9.57. The number of hydrogen-bond acceptors (Lipinski definition) is 4. The Bertz CT molecular complexity index is 721. The van der Waals surface area contributed by atoms with Crippen LogP contribution in [0.1, 0.15) is 32.5 Å². The number of fused-ring (bicyclic) bond motifs is 1. The molecular formula is C20H29ClN4S. The van der Waals surface area contributed by atoms with E-state index >= 15 is 0 Å². The molecule has 0 radical (unpaired) electrons. The van der Waals surface area contributed by atoms with Gasteiger partial charge in [0.2, 0.25) is 0 Å². The van der Waals surface area contributed by atoms with Gasteiger partial charge in [-0.3, -0.25) is 4.90 Å². The van der Waals surface area contributed by atoms with Crippen LogP contribution in [0.3, 0.4) is 0 Å². The van der Waals surface area contributed by atoms with Crippen molar-refractivity contribution >= 4 is 23.4 Å². The van der Waals surface area contributed by atoms with Crippen LogP contribution in [-0.2, 0) is 13.1 Å². The first-order valence-electron chi connectivity index (χ1n) is 9.19. The van der Waals surface area contributed by atoms with Crippen LogP contribution in [0.4, 0.5) is 0 Å². The second kappa shape index (κ2) is 7.91. The van der Waals surface area contributed by atoms with Crippen LogP contribution in [0.5, 0.6) is 0 Å². The standard InChI is InChI=1S/C20H29ClN4S/c1-6-9-25-18(22-23-19(25)26-13-14(2)21)12-24(5)11-15-7-8-16-10-17(15)20(16,3)4/h6-7,16-17H,1-2,8-13H2,3-5H3/t16-,17-/m0/s1. The van der Waals surface area contributed by atoms with Crippen LogP contribution in [0.15, 0.2) is 41.1 Å². The van der Waals surface area contributed by atoms with Crippen LogP contribution in [-0.4, -0.2) is 39.0 Å². The lowest BCUT2D eigenvalue weighted by atomic mass is 9.49. The highest BCUT2D eigenvalue weighted by molar-refractivity contribution is 7.99. The summed E-state index contributed by atoms with van der Waals surface area (Å²) >= 11 is 7.46. The zero-order valence-corrected chi connectivity index (χ0v) is 17.6. The number of rotatable bonds is 9. The third kappa shape index (κ3) is 3.95. The molecular weight excluding hydrogens is 364 g/mol. The second-order valence-electron chi connectivity index (χ2n) is 8.10. The number of allylic oxidation sites excluding steroid dienone is 2. The lowest BCUT2D eigenvalue weighted by molar-refractivity contribution is -0.0102. The molecule has 0 saturated heterocycles. The van der Waals surface area contributed by atoms with Gasteiger partial charge in [-0.1, -0.05) is 61.5 Å². The summed E-state index contributed by atoms with van der Waals surface area (Å²) in [6.45, 7) is 14.9. The van der Waals surface area contributed by atoms with Crippen molar-refractivity contribution in [2.24, 2.45) is 17.3 Å². The number of nitrogens with zero attached hydrogens (tertiary/aromatic N) is 4. The molecule has 0 aliphatic heterocycles. The van der Waals surface area contributed by atoms with Gasteiger partial charge in [-0.2, -0.15) is 0 Å². The number of halogens is 1. The van der Waals surface area contributed by atoms with Gasteiger partial charge in [0.1, 0.15) is 5.82 Å². The third-order valence-corrected chi connectivity index (χ3v) is 7.25. The number of aromatic nitrogens is 3. The number of thioether (sulfide) groups is 1. The summed E-state index contributed by atoms with van der Waals surface area (Å²) in [6.07, 6.45) is 6.96. The fraction of sp³-hybridized carbons (Fsp3) is 0.600. The van der Waals surface area contributed by atoms with Crippen molar-refractivity contribution in [1.29, 1.82) is 0 Å². The SMILES string of the molecule is C=CCn1c(CN(C)CC2=CC[C@H]3C[C@@H]2C3(C)C)nnc1SCC(=C)Cl. The van der Waals surface area contributed by atoms with Crippen LogP contribution in [0.2, 0.25) is 0 Å². The van der Waals surface area contributed by atoms with Gasteiger partial charge in [0.15, 0.2) is 5.16 Å². The first-order chi connectivity index (χ1) is 12.3. The molecule has 3 aliphatic rings. The van der Waals surface area contributed by atoms with Crippen molar-refractivity contribution in [2.75, 3.05) is 19.3 Å². The van der Waals surface area contributed by atoms with Crippen LogP contribution in [0, 0.1) is 17.3 Å². The Balaban J connectivity index is 1.65. The Morgan fingerprint density at radius 2 is 2.23 bits per heavy atom. The van der Waals surface area contributed by atoms with E-state index in [0.717, 1.165) is 35.9 Å². The quantitative estimate of drug-likeness (QED) is 0.449. The van der Waals surface area contributed by atoms with Gasteiger partial charge in [-0.05, 0) is 37.1 Å². The summed E-state index contributed by atoms with van der Waals surface area (Å²) in [5.41, 5.74) is 2.07. The predicted octanol–water partition coefficient (Wildman–Crippen LogP) is 4.73. The Labute approximate surface area is 166 Å². The molecule has 142 valence electrons. The molecule has 1 aromatic rings. The fourth-order valence-corrected chi connectivity index (χ4v) is 5.15. The maximum Gasteiger partial charge on any atom is 0.191 e. The van der Waals surface area contributed by atoms with Crippen LogP contribution >= 0.6 is 23.4 Å². The van der Waals surface area contributed by atoms with Gasteiger partial charge in [-0.15, -0.1) is 16.8 Å². The molecule has 26 heavy (non-hydrogen) atoms. The summed E-state index contributed by atoms with van der Waals surface area (Å²) in [5, 5.41) is 10.2. The van der Waals surface area contributed by atoms with Crippen molar-refractivity contribution in [1.82, 2.24) is 19.7 Å². The van der Waals surface area contributed by atoms with E-state index in [1.54, 1.807) is 17.3 Å². The van der Waals surface area contributed by atoms with Crippen molar-refractivity contribution in [3.63, 3.8) is 0 Å². The van der Waals surface area contributed by atoms with E-state index in [9.17, 15) is 0 Å². The number of hydrogen-bond donors (Lipinski definition) is 0. The highest BCUT2D eigenvalue weighted by Crippen LogP contribution is 2.59. The predicted molar refractivity (Wildman–Crippen MR) is 110 cm³/mol. The zero-order chi connectivity index (χ0) is 18.9. The molecule has 4 nitrogen and oxygen atoms in total. The summed E-state index contributed by atoms with van der Waals surface area (Å²) in [7, 11) is 2.17. The summed E-state index contributed by atoms with van der Waals surface area (Å²) < 4.78 is 2.12. The average Bonchev–Trinajstić information content (AvgIpc) is 2.95. The van der Waals surface area contributed by atoms with E-state index in [2.05, 4.69) is 59.8 Å². The van der Waals surface area contributed by atoms with Gasteiger partial charge in [0.05, 0.1) is 6.54 Å². The molecule has 6 heteroatoms. The summed E-state index contributed by atoms with van der Waals surface area (Å²) in [6, 6.07) is 0. The summed E-state index contributed by atoms with van der Waals surface area (Å²) in [4.78, 5) is 2.35. The van der Waals surface area contributed by atoms with Crippen LogP contribution in [0.25, 0.3) is 0 Å². The van der Waals surface area contributed by atoms with Crippen molar-refractivity contribution in [2.45, 2.75) is 44.9 Å². The minimum Gasteiger partial charge on any atom is -0.301 e. The van der Waals surface area contributed by atoms with Gasteiger partial charge in [0, 0.05) is 23.9 Å². The van der Waals surface area contributed by atoms with Crippen molar-refractivity contribution in [3.8, 4) is 0 Å². The number of likely N-dealkylation sites (N-methyl/N-ethyl adjacent to an activating group) is 1. The Kier molecular flexibility index (Phi) is 6.00.